The molecule has 2 N–H and O–H groups in total. The number of amides is 3. The summed E-state index contributed by atoms with van der Waals surface area (Å²) < 4.78 is 13.9. The highest BCUT2D eigenvalue weighted by atomic mass is 16.5. The number of ether oxygens (including phenoxy) is 2. The van der Waals surface area contributed by atoms with Crippen LogP contribution >= 0.6 is 0 Å². The molecular formula is C39H47N7O5. The van der Waals surface area contributed by atoms with Crippen LogP contribution in [0.2, 0.25) is 0 Å². The van der Waals surface area contributed by atoms with E-state index >= 15 is 0 Å². The molecule has 1 aromatic heterocycles. The van der Waals surface area contributed by atoms with Crippen molar-refractivity contribution in [1.29, 1.82) is 0 Å². The molecule has 0 atom stereocenters. The average Bonchev–Trinajstić information content (AvgIpc) is 3.57. The zero-order chi connectivity index (χ0) is 36.2. The third-order valence-corrected chi connectivity index (χ3v) is 9.64. The van der Waals surface area contributed by atoms with Crippen LogP contribution in [0.3, 0.4) is 0 Å². The van der Waals surface area contributed by atoms with E-state index in [2.05, 4.69) is 45.0 Å². The van der Waals surface area contributed by atoms with E-state index in [9.17, 15) is 14.4 Å². The van der Waals surface area contributed by atoms with Gasteiger partial charge >= 0.3 is 6.03 Å². The smallest absolute Gasteiger partial charge is 0.323 e. The Morgan fingerprint density at radius 2 is 1.61 bits per heavy atom. The number of urea groups is 1. The molecule has 3 heterocycles. The number of aromatic nitrogens is 1. The van der Waals surface area contributed by atoms with Gasteiger partial charge in [-0.1, -0.05) is 0 Å². The highest BCUT2D eigenvalue weighted by Crippen LogP contribution is 2.37. The highest BCUT2D eigenvalue weighted by Gasteiger charge is 2.29. The summed E-state index contributed by atoms with van der Waals surface area (Å²) in [5, 5.41) is 6.57. The molecule has 268 valence electrons. The largest absolute Gasteiger partial charge is 0.497 e. The first-order chi connectivity index (χ1) is 24.5. The van der Waals surface area contributed by atoms with Crippen LogP contribution in [0.1, 0.15) is 32.0 Å². The summed E-state index contributed by atoms with van der Waals surface area (Å²) in [7, 11) is 9.50. The monoisotopic (exact) mass is 693 g/mol. The number of piperazine rings is 1. The van der Waals surface area contributed by atoms with Gasteiger partial charge in [-0.2, -0.15) is 0 Å². The van der Waals surface area contributed by atoms with E-state index in [0.717, 1.165) is 73.7 Å². The average molecular weight is 694 g/mol. The number of Topliss-reactive ketones (excluding diaryl/α,β-unsaturated/α-hetero) is 1. The van der Waals surface area contributed by atoms with Gasteiger partial charge in [0, 0.05) is 98.5 Å². The number of ketones is 1. The molecule has 4 aromatic rings. The summed E-state index contributed by atoms with van der Waals surface area (Å²) in [4.78, 5) is 47.8. The molecule has 0 saturated carbocycles. The Bertz CT molecular complexity index is 1960. The standard InChI is InChI=1S/C39H47N7O5/c1-26-31(32-24-30(50-6)12-13-34(32)46(26)22-21-45-19-16-43(4)17-20-45)25-36-37(47)33-23-29(11-14-35(33)51-36)41-39(49)40-28-9-7-27(8-10-28)38(48)44(5)18-15-42(2)3/h7-14,23-25H,15-22H2,1-6H3,(H2,40,41,49). The van der Waals surface area contributed by atoms with Crippen LogP contribution in [0.4, 0.5) is 16.2 Å². The fourth-order valence-electron chi connectivity index (χ4n) is 6.46. The predicted octanol–water partition coefficient (Wildman–Crippen LogP) is 5.10. The summed E-state index contributed by atoms with van der Waals surface area (Å²) in [6.45, 7) is 9.42. The van der Waals surface area contributed by atoms with Crippen molar-refractivity contribution < 1.29 is 23.9 Å². The van der Waals surface area contributed by atoms with Gasteiger partial charge in [0.2, 0.25) is 5.78 Å². The lowest BCUT2D eigenvalue weighted by molar-refractivity contribution is 0.0786. The number of nitrogens with zero attached hydrogens (tertiary/aromatic N) is 5. The summed E-state index contributed by atoms with van der Waals surface area (Å²) in [5.74, 6) is 1.04. The number of benzene rings is 3. The number of allylic oxidation sites excluding steroid dienone is 1. The Labute approximate surface area is 299 Å². The number of likely N-dealkylation sites (N-methyl/N-ethyl adjacent to an activating group) is 3. The first-order valence-electron chi connectivity index (χ1n) is 17.2. The van der Waals surface area contributed by atoms with Gasteiger partial charge in [0.15, 0.2) is 5.76 Å². The second-order valence-electron chi connectivity index (χ2n) is 13.5. The minimum absolute atomic E-state index is 0.0897. The van der Waals surface area contributed by atoms with Crippen LogP contribution < -0.4 is 20.1 Å². The molecule has 1 fully saturated rings. The molecule has 0 spiro atoms. The molecule has 0 bridgehead atoms. The second-order valence-corrected chi connectivity index (χ2v) is 13.5. The Morgan fingerprint density at radius 1 is 0.902 bits per heavy atom. The number of carbonyl (C=O) groups excluding carboxylic acids is 3. The van der Waals surface area contributed by atoms with Crippen LogP contribution in [0.25, 0.3) is 17.0 Å². The zero-order valence-electron chi connectivity index (χ0n) is 30.3. The molecule has 12 nitrogen and oxygen atoms in total. The van der Waals surface area contributed by atoms with E-state index in [0.29, 0.717) is 34.8 Å². The Morgan fingerprint density at radius 3 is 2.31 bits per heavy atom. The van der Waals surface area contributed by atoms with Crippen LogP contribution in [0.5, 0.6) is 11.5 Å². The van der Waals surface area contributed by atoms with Crippen molar-refractivity contribution in [2.75, 3.05) is 91.7 Å². The Balaban J connectivity index is 1.14. The Hall–Kier alpha value is -5.17. The van der Waals surface area contributed by atoms with Gasteiger partial charge in [0.05, 0.1) is 12.7 Å². The summed E-state index contributed by atoms with van der Waals surface area (Å²) in [6, 6.07) is 17.3. The number of rotatable bonds is 11. The summed E-state index contributed by atoms with van der Waals surface area (Å²) in [6.07, 6.45) is 1.82. The molecule has 0 aliphatic carbocycles. The van der Waals surface area contributed by atoms with E-state index in [1.165, 1.54) is 0 Å². The number of anilines is 2. The maximum Gasteiger partial charge on any atom is 0.323 e. The van der Waals surface area contributed by atoms with E-state index < -0.39 is 6.03 Å². The molecule has 3 aromatic carbocycles. The van der Waals surface area contributed by atoms with Crippen LogP contribution in [-0.4, -0.2) is 123 Å². The highest BCUT2D eigenvalue weighted by molar-refractivity contribution is 6.16. The lowest BCUT2D eigenvalue weighted by Crippen LogP contribution is -2.45. The lowest BCUT2D eigenvalue weighted by atomic mass is 10.1. The lowest BCUT2D eigenvalue weighted by Gasteiger charge is -2.32. The topological polar surface area (TPSA) is 112 Å². The number of nitrogens with one attached hydrogen (secondary N) is 2. The van der Waals surface area contributed by atoms with Gasteiger partial charge in [-0.05, 0) is 94.8 Å². The van der Waals surface area contributed by atoms with Gasteiger partial charge in [-0.3, -0.25) is 14.5 Å². The molecule has 2 aliphatic rings. The Kier molecular flexibility index (Phi) is 10.8. The van der Waals surface area contributed by atoms with Gasteiger partial charge in [0.1, 0.15) is 11.5 Å². The quantitative estimate of drug-likeness (QED) is 0.209. The van der Waals surface area contributed by atoms with Crippen molar-refractivity contribution in [2.45, 2.75) is 13.5 Å². The predicted molar refractivity (Wildman–Crippen MR) is 201 cm³/mol. The number of carbonyl (C=O) groups is 3. The van der Waals surface area contributed by atoms with E-state index in [1.807, 2.05) is 37.2 Å². The van der Waals surface area contributed by atoms with E-state index in [4.69, 9.17) is 9.47 Å². The molecule has 6 rings (SSSR count). The van der Waals surface area contributed by atoms with Crippen molar-refractivity contribution in [3.05, 3.63) is 88.8 Å². The van der Waals surface area contributed by atoms with Crippen molar-refractivity contribution in [1.82, 2.24) is 24.2 Å². The van der Waals surface area contributed by atoms with Gasteiger partial charge in [-0.25, -0.2) is 4.79 Å². The number of hydrogen-bond donors (Lipinski definition) is 2. The number of fused-ring (bicyclic) bond motifs is 2. The maximum absolute atomic E-state index is 13.7. The summed E-state index contributed by atoms with van der Waals surface area (Å²) >= 11 is 0. The number of methoxy groups -OCH3 is 1. The van der Waals surface area contributed by atoms with Gasteiger partial charge in [-0.15, -0.1) is 0 Å². The zero-order valence-corrected chi connectivity index (χ0v) is 30.3. The van der Waals surface area contributed by atoms with Crippen LogP contribution in [0.15, 0.2) is 66.4 Å². The normalized spacial score (nSPS) is 15.7. The molecule has 51 heavy (non-hydrogen) atoms. The van der Waals surface area contributed by atoms with Crippen molar-refractivity contribution >= 4 is 46.1 Å². The molecule has 3 amide bonds. The minimum atomic E-state index is -0.479. The molecule has 12 heteroatoms. The second kappa shape index (κ2) is 15.4. The molecular weight excluding hydrogens is 646 g/mol. The molecule has 0 unspecified atom stereocenters. The van der Waals surface area contributed by atoms with Crippen LogP contribution in [0, 0.1) is 6.92 Å². The first kappa shape index (κ1) is 35.6. The van der Waals surface area contributed by atoms with E-state index in [-0.39, 0.29) is 17.4 Å². The van der Waals surface area contributed by atoms with Gasteiger partial charge < -0.3 is 39.4 Å². The molecule has 1 saturated heterocycles. The SMILES string of the molecule is COc1ccc2c(c1)c(C=C1Oc3ccc(NC(=O)Nc4ccc(C(=O)N(C)CCN(C)C)cc4)cc3C1=O)c(C)n2CCN1CCN(C)CC1. The maximum atomic E-state index is 13.7. The van der Waals surface area contributed by atoms with Crippen molar-refractivity contribution in [3.8, 4) is 11.5 Å². The first-order valence-corrected chi connectivity index (χ1v) is 17.2. The third kappa shape index (κ3) is 8.09. The van der Waals surface area contributed by atoms with Gasteiger partial charge in [0.25, 0.3) is 5.91 Å². The van der Waals surface area contributed by atoms with Crippen molar-refractivity contribution in [3.63, 3.8) is 0 Å². The molecule has 0 radical (unpaired) electrons. The van der Waals surface area contributed by atoms with Crippen molar-refractivity contribution in [2.24, 2.45) is 0 Å². The fraction of sp³-hybridized carbons (Fsp3) is 0.359. The van der Waals surface area contributed by atoms with Crippen LogP contribution in [-0.2, 0) is 6.54 Å². The summed E-state index contributed by atoms with van der Waals surface area (Å²) in [5.41, 5.74) is 4.90. The van der Waals surface area contributed by atoms with E-state index in [1.54, 1.807) is 61.5 Å². The number of hydrogen-bond acceptors (Lipinski definition) is 8. The molecule has 2 aliphatic heterocycles. The fourth-order valence-corrected chi connectivity index (χ4v) is 6.46. The third-order valence-electron chi connectivity index (χ3n) is 9.64. The minimum Gasteiger partial charge on any atom is -0.497 e.